The predicted molar refractivity (Wildman–Crippen MR) is 109 cm³/mol. The molecule has 0 spiro atoms. The molecule has 3 rings (SSSR count). The van der Waals surface area contributed by atoms with Crippen molar-refractivity contribution in [3.05, 3.63) is 53.3 Å². The normalized spacial score (nSPS) is 12.0. The van der Waals surface area contributed by atoms with Gasteiger partial charge >= 0.3 is 0 Å². The fourth-order valence-corrected chi connectivity index (χ4v) is 3.69. The van der Waals surface area contributed by atoms with Crippen molar-refractivity contribution in [1.29, 1.82) is 0 Å². The van der Waals surface area contributed by atoms with Crippen LogP contribution in [-0.4, -0.2) is 30.9 Å². The van der Waals surface area contributed by atoms with E-state index in [-0.39, 0.29) is 16.3 Å². The Kier molecular flexibility index (Phi) is 6.13. The second kappa shape index (κ2) is 8.54. The zero-order chi connectivity index (χ0) is 19.4. The van der Waals surface area contributed by atoms with Crippen LogP contribution < -0.4 is 5.32 Å². The summed E-state index contributed by atoms with van der Waals surface area (Å²) in [5, 5.41) is 12.1. The average molecular weight is 402 g/mol. The van der Waals surface area contributed by atoms with Gasteiger partial charge in [0, 0.05) is 18.3 Å². The van der Waals surface area contributed by atoms with Crippen LogP contribution in [0.4, 0.5) is 5.69 Å². The molecule has 0 bridgehead atoms. The highest BCUT2D eigenvalue weighted by atomic mass is 35.5. The third-order valence-corrected chi connectivity index (χ3v) is 5.47. The number of nitrogens with zero attached hydrogens (tertiary/aromatic N) is 4. The van der Waals surface area contributed by atoms with E-state index in [4.69, 9.17) is 11.6 Å². The number of halogens is 1. The molecule has 3 aromatic rings. The number of amides is 1. The Labute approximate surface area is 167 Å². The van der Waals surface area contributed by atoms with Gasteiger partial charge in [-0.25, -0.2) is 4.98 Å². The summed E-state index contributed by atoms with van der Waals surface area (Å²) >= 11 is 7.37. The van der Waals surface area contributed by atoms with Gasteiger partial charge in [-0.05, 0) is 38.5 Å². The van der Waals surface area contributed by atoms with Crippen molar-refractivity contribution in [3.8, 4) is 11.4 Å². The summed E-state index contributed by atoms with van der Waals surface area (Å²) in [7, 11) is 0. The van der Waals surface area contributed by atoms with Crippen LogP contribution in [0, 0.1) is 6.92 Å². The summed E-state index contributed by atoms with van der Waals surface area (Å²) in [6.45, 7) is 6.62. The molecule has 1 amide bonds. The second-order valence-corrected chi connectivity index (χ2v) is 7.62. The van der Waals surface area contributed by atoms with Crippen LogP contribution in [0.25, 0.3) is 11.4 Å². The molecule has 2 heterocycles. The monoisotopic (exact) mass is 401 g/mol. The third kappa shape index (κ3) is 4.31. The lowest BCUT2D eigenvalue weighted by atomic mass is 10.1. The average Bonchev–Trinajstić information content (AvgIpc) is 3.06. The number of nitrogens with one attached hydrogen (secondary N) is 1. The number of pyridine rings is 1. The minimum Gasteiger partial charge on any atom is -0.322 e. The first-order valence-corrected chi connectivity index (χ1v) is 9.84. The zero-order valence-corrected chi connectivity index (χ0v) is 16.9. The van der Waals surface area contributed by atoms with Crippen LogP contribution in [0.2, 0.25) is 5.15 Å². The van der Waals surface area contributed by atoms with Crippen molar-refractivity contribution in [2.24, 2.45) is 0 Å². The molecule has 27 heavy (non-hydrogen) atoms. The van der Waals surface area contributed by atoms with E-state index in [1.165, 1.54) is 11.8 Å². The minimum atomic E-state index is -0.375. The lowest BCUT2D eigenvalue weighted by Gasteiger charge is -2.13. The lowest BCUT2D eigenvalue weighted by Crippen LogP contribution is -2.23. The van der Waals surface area contributed by atoms with Crippen molar-refractivity contribution >= 4 is 35.0 Å². The molecule has 1 aromatic carbocycles. The number of hydrogen-bond acceptors (Lipinski definition) is 5. The summed E-state index contributed by atoms with van der Waals surface area (Å²) < 4.78 is 2.02. The molecule has 8 heteroatoms. The Hall–Kier alpha value is -2.38. The molecule has 0 unspecified atom stereocenters. The molecule has 2 aromatic heterocycles. The molecule has 0 saturated heterocycles. The first-order valence-electron chi connectivity index (χ1n) is 8.58. The van der Waals surface area contributed by atoms with Crippen molar-refractivity contribution in [3.63, 3.8) is 0 Å². The number of hydrogen-bond donors (Lipinski definition) is 1. The molecule has 140 valence electrons. The van der Waals surface area contributed by atoms with Crippen molar-refractivity contribution in [2.45, 2.75) is 37.7 Å². The number of rotatable bonds is 6. The SMILES string of the molecule is CCn1c(S[C@@H](C)C(=O)Nc2cccnc2Cl)nnc1-c1ccccc1C. The topological polar surface area (TPSA) is 72.7 Å². The van der Waals surface area contributed by atoms with E-state index >= 15 is 0 Å². The maximum absolute atomic E-state index is 12.5. The van der Waals surface area contributed by atoms with Gasteiger partial charge in [0.2, 0.25) is 5.91 Å². The Morgan fingerprint density at radius 1 is 1.26 bits per heavy atom. The van der Waals surface area contributed by atoms with E-state index < -0.39 is 0 Å². The van der Waals surface area contributed by atoms with Gasteiger partial charge in [-0.3, -0.25) is 4.79 Å². The number of benzene rings is 1. The lowest BCUT2D eigenvalue weighted by molar-refractivity contribution is -0.115. The summed E-state index contributed by atoms with van der Waals surface area (Å²) in [5.41, 5.74) is 2.67. The van der Waals surface area contributed by atoms with Crippen molar-refractivity contribution < 1.29 is 4.79 Å². The van der Waals surface area contributed by atoms with Crippen molar-refractivity contribution in [1.82, 2.24) is 19.7 Å². The molecule has 0 saturated carbocycles. The molecule has 0 fully saturated rings. The second-order valence-electron chi connectivity index (χ2n) is 5.96. The van der Waals surface area contributed by atoms with Gasteiger partial charge in [0.15, 0.2) is 16.1 Å². The number of thioether (sulfide) groups is 1. The number of carbonyl (C=O) groups excluding carboxylic acids is 1. The highest BCUT2D eigenvalue weighted by Gasteiger charge is 2.21. The van der Waals surface area contributed by atoms with Gasteiger partial charge in [-0.1, -0.05) is 47.6 Å². The van der Waals surface area contributed by atoms with Crippen LogP contribution in [0.3, 0.4) is 0 Å². The van der Waals surface area contributed by atoms with E-state index in [0.717, 1.165) is 17.0 Å². The molecule has 0 aliphatic rings. The van der Waals surface area contributed by atoms with E-state index in [1.807, 2.05) is 49.6 Å². The quantitative estimate of drug-likeness (QED) is 0.488. The van der Waals surface area contributed by atoms with Gasteiger partial charge < -0.3 is 9.88 Å². The zero-order valence-electron chi connectivity index (χ0n) is 15.3. The van der Waals surface area contributed by atoms with Crippen LogP contribution >= 0.6 is 23.4 Å². The Morgan fingerprint density at radius 2 is 2.04 bits per heavy atom. The summed E-state index contributed by atoms with van der Waals surface area (Å²) in [5.74, 6) is 0.638. The maximum atomic E-state index is 12.5. The van der Waals surface area contributed by atoms with Gasteiger partial charge in [-0.15, -0.1) is 10.2 Å². The first-order chi connectivity index (χ1) is 13.0. The molecule has 0 radical (unpaired) electrons. The standard InChI is InChI=1S/C19H20ClN5OS/c1-4-25-17(14-9-6-5-8-12(14)2)23-24-19(25)27-13(3)18(26)22-15-10-7-11-21-16(15)20/h5-11,13H,4H2,1-3H3,(H,22,26)/t13-/m0/s1. The Balaban J connectivity index is 1.78. The van der Waals surface area contributed by atoms with Crippen LogP contribution in [-0.2, 0) is 11.3 Å². The number of carbonyl (C=O) groups is 1. The van der Waals surface area contributed by atoms with Gasteiger partial charge in [0.25, 0.3) is 0 Å². The molecule has 0 aliphatic heterocycles. The molecular formula is C19H20ClN5OS. The molecule has 1 N–H and O–H groups in total. The molecule has 0 aliphatic carbocycles. The molecular weight excluding hydrogens is 382 g/mol. The van der Waals surface area contributed by atoms with Crippen LogP contribution in [0.15, 0.2) is 47.8 Å². The van der Waals surface area contributed by atoms with Gasteiger partial charge in [0.05, 0.1) is 10.9 Å². The number of aromatic nitrogens is 4. The molecule has 1 atom stereocenters. The number of aryl methyl sites for hydroxylation is 1. The van der Waals surface area contributed by atoms with Crippen molar-refractivity contribution in [2.75, 3.05) is 5.32 Å². The van der Waals surface area contributed by atoms with Crippen LogP contribution in [0.1, 0.15) is 19.4 Å². The third-order valence-electron chi connectivity index (χ3n) is 4.09. The highest BCUT2D eigenvalue weighted by Crippen LogP contribution is 2.29. The van der Waals surface area contributed by atoms with Gasteiger partial charge in [0.1, 0.15) is 0 Å². The van der Waals surface area contributed by atoms with E-state index in [0.29, 0.717) is 17.4 Å². The summed E-state index contributed by atoms with van der Waals surface area (Å²) in [6.07, 6.45) is 1.58. The van der Waals surface area contributed by atoms with E-state index in [9.17, 15) is 4.79 Å². The fourth-order valence-electron chi connectivity index (χ4n) is 2.61. The summed E-state index contributed by atoms with van der Waals surface area (Å²) in [6, 6.07) is 11.5. The smallest absolute Gasteiger partial charge is 0.237 e. The Bertz CT molecular complexity index is 959. The predicted octanol–water partition coefficient (Wildman–Crippen LogP) is 4.44. The minimum absolute atomic E-state index is 0.169. The van der Waals surface area contributed by atoms with E-state index in [1.54, 1.807) is 18.3 Å². The number of anilines is 1. The summed E-state index contributed by atoms with van der Waals surface area (Å²) in [4.78, 5) is 16.5. The largest absolute Gasteiger partial charge is 0.322 e. The van der Waals surface area contributed by atoms with E-state index in [2.05, 4.69) is 20.5 Å². The first kappa shape index (κ1) is 19.4. The Morgan fingerprint density at radius 3 is 2.74 bits per heavy atom. The van der Waals surface area contributed by atoms with Gasteiger partial charge in [-0.2, -0.15) is 0 Å². The maximum Gasteiger partial charge on any atom is 0.237 e. The highest BCUT2D eigenvalue weighted by molar-refractivity contribution is 8.00. The van der Waals surface area contributed by atoms with Crippen LogP contribution in [0.5, 0.6) is 0 Å². The molecule has 6 nitrogen and oxygen atoms in total. The fraction of sp³-hybridized carbons (Fsp3) is 0.263.